The minimum Gasteiger partial charge on any atom is -0.357 e. The lowest BCUT2D eigenvalue weighted by atomic mass is 10.1. The van der Waals surface area contributed by atoms with Crippen LogP contribution in [0.5, 0.6) is 0 Å². The third-order valence-corrected chi connectivity index (χ3v) is 3.54. The molecule has 2 aromatic rings. The second-order valence-electron chi connectivity index (χ2n) is 3.72. The van der Waals surface area contributed by atoms with Gasteiger partial charge in [0.1, 0.15) is 5.82 Å². The summed E-state index contributed by atoms with van der Waals surface area (Å²) in [5.74, 6) is -0.367. The molecule has 1 heterocycles. The van der Waals surface area contributed by atoms with E-state index >= 15 is 0 Å². The number of hydrogen-bond acceptors (Lipinski definition) is 1. The molecule has 2 rings (SSSR count). The number of benzene rings is 1. The van der Waals surface area contributed by atoms with E-state index in [2.05, 4.69) is 4.98 Å². The Morgan fingerprint density at radius 3 is 2.75 bits per heavy atom. The van der Waals surface area contributed by atoms with Crippen LogP contribution in [0.3, 0.4) is 0 Å². The molecule has 0 atom stereocenters. The van der Waals surface area contributed by atoms with Gasteiger partial charge in [-0.25, -0.2) is 4.39 Å². The predicted molar refractivity (Wildman–Crippen MR) is 71.4 cm³/mol. The van der Waals surface area contributed by atoms with Gasteiger partial charge in [0.25, 0.3) is 0 Å². The molecule has 0 aliphatic heterocycles. The minimum atomic E-state index is -0.367. The van der Waals surface area contributed by atoms with Gasteiger partial charge >= 0.3 is 0 Å². The van der Waals surface area contributed by atoms with Gasteiger partial charge in [0.05, 0.1) is 5.52 Å². The van der Waals surface area contributed by atoms with Crippen molar-refractivity contribution in [3.63, 3.8) is 0 Å². The number of aromatic nitrogens is 1. The molecule has 1 aromatic heterocycles. The summed E-state index contributed by atoms with van der Waals surface area (Å²) in [6, 6.07) is 2.72. The molecule has 84 valence electrons. The molecule has 0 fully saturated rings. The molecule has 0 amide bonds. The summed E-state index contributed by atoms with van der Waals surface area (Å²) in [6.45, 7) is 3.80. The molecule has 0 radical (unpaired) electrons. The standard InChI is InChI=1S/C12H11FINO/c1-3-8-6(2)15-11-9(12(8)16)4-7(13)5-10(11)14/h4-5H,3H2,1-2H3,(H,15,16). The van der Waals surface area contributed by atoms with E-state index in [4.69, 9.17) is 0 Å². The highest BCUT2D eigenvalue weighted by Gasteiger charge is 2.10. The van der Waals surface area contributed by atoms with Crippen LogP contribution in [-0.2, 0) is 6.42 Å². The van der Waals surface area contributed by atoms with Crippen LogP contribution >= 0.6 is 22.6 Å². The molecule has 0 saturated carbocycles. The number of aromatic amines is 1. The van der Waals surface area contributed by atoms with Crippen molar-refractivity contribution in [1.29, 1.82) is 0 Å². The van der Waals surface area contributed by atoms with Crippen molar-refractivity contribution in [1.82, 2.24) is 4.98 Å². The van der Waals surface area contributed by atoms with Crippen molar-refractivity contribution in [2.45, 2.75) is 20.3 Å². The van der Waals surface area contributed by atoms with E-state index in [1.165, 1.54) is 12.1 Å². The van der Waals surface area contributed by atoms with Crippen LogP contribution in [0.2, 0.25) is 0 Å². The van der Waals surface area contributed by atoms with E-state index in [1.807, 2.05) is 36.4 Å². The molecule has 1 aromatic carbocycles. The molecule has 1 N–H and O–H groups in total. The maximum Gasteiger partial charge on any atom is 0.192 e. The third kappa shape index (κ3) is 1.75. The van der Waals surface area contributed by atoms with Crippen molar-refractivity contribution < 1.29 is 4.39 Å². The lowest BCUT2D eigenvalue weighted by Crippen LogP contribution is -2.13. The Kier molecular flexibility index (Phi) is 3.01. The zero-order chi connectivity index (χ0) is 11.9. The highest BCUT2D eigenvalue weighted by molar-refractivity contribution is 14.1. The van der Waals surface area contributed by atoms with E-state index in [0.717, 1.165) is 20.3 Å². The third-order valence-electron chi connectivity index (χ3n) is 2.69. The maximum absolute atomic E-state index is 13.3. The number of aryl methyl sites for hydroxylation is 1. The van der Waals surface area contributed by atoms with Gasteiger partial charge < -0.3 is 4.98 Å². The van der Waals surface area contributed by atoms with Crippen LogP contribution in [0, 0.1) is 16.3 Å². The van der Waals surface area contributed by atoms with E-state index in [0.29, 0.717) is 11.8 Å². The number of hydrogen-bond donors (Lipinski definition) is 1. The average Bonchev–Trinajstić information content (AvgIpc) is 2.21. The van der Waals surface area contributed by atoms with Gasteiger partial charge in [0.2, 0.25) is 0 Å². The molecule has 0 aliphatic rings. The Balaban J connectivity index is 2.99. The van der Waals surface area contributed by atoms with Gasteiger partial charge in [-0.2, -0.15) is 0 Å². The molecule has 2 nitrogen and oxygen atoms in total. The molecular formula is C12H11FINO. The van der Waals surface area contributed by atoms with Crippen LogP contribution in [-0.4, -0.2) is 4.98 Å². The van der Waals surface area contributed by atoms with E-state index in [9.17, 15) is 9.18 Å². The topological polar surface area (TPSA) is 32.9 Å². The minimum absolute atomic E-state index is 0.0637. The Labute approximate surface area is 106 Å². The van der Waals surface area contributed by atoms with Crippen LogP contribution < -0.4 is 5.43 Å². The van der Waals surface area contributed by atoms with E-state index in [1.54, 1.807) is 0 Å². The smallest absolute Gasteiger partial charge is 0.192 e. The van der Waals surface area contributed by atoms with Crippen LogP contribution in [0.4, 0.5) is 4.39 Å². The number of pyridine rings is 1. The van der Waals surface area contributed by atoms with Gasteiger partial charge in [-0.05, 0) is 48.1 Å². The first-order valence-corrected chi connectivity index (χ1v) is 6.13. The molecule has 16 heavy (non-hydrogen) atoms. The molecular weight excluding hydrogens is 320 g/mol. The summed E-state index contributed by atoms with van der Waals surface area (Å²) in [7, 11) is 0. The number of H-pyrrole nitrogens is 1. The summed E-state index contributed by atoms with van der Waals surface area (Å²) < 4.78 is 14.0. The summed E-state index contributed by atoms with van der Waals surface area (Å²) in [5.41, 5.74) is 2.26. The predicted octanol–water partition coefficient (Wildman–Crippen LogP) is 3.14. The summed E-state index contributed by atoms with van der Waals surface area (Å²) in [6.07, 6.45) is 0.657. The normalized spacial score (nSPS) is 11.0. The highest BCUT2D eigenvalue weighted by Crippen LogP contribution is 2.19. The second-order valence-corrected chi connectivity index (χ2v) is 4.88. The first-order valence-electron chi connectivity index (χ1n) is 5.05. The number of halogens is 2. The molecule has 0 aliphatic carbocycles. The van der Waals surface area contributed by atoms with Crippen molar-refractivity contribution >= 4 is 33.5 Å². The van der Waals surface area contributed by atoms with Crippen LogP contribution in [0.15, 0.2) is 16.9 Å². The molecule has 0 bridgehead atoms. The van der Waals surface area contributed by atoms with Gasteiger partial charge in [-0.1, -0.05) is 6.92 Å². The van der Waals surface area contributed by atoms with Gasteiger partial charge in [-0.15, -0.1) is 0 Å². The number of fused-ring (bicyclic) bond motifs is 1. The van der Waals surface area contributed by atoms with Crippen LogP contribution in [0.1, 0.15) is 18.2 Å². The van der Waals surface area contributed by atoms with Crippen molar-refractivity contribution in [3.05, 3.63) is 43.0 Å². The fourth-order valence-corrected chi connectivity index (χ4v) is 2.62. The second kappa shape index (κ2) is 4.16. The molecule has 0 saturated heterocycles. The molecule has 0 unspecified atom stereocenters. The van der Waals surface area contributed by atoms with E-state index in [-0.39, 0.29) is 11.2 Å². The number of rotatable bonds is 1. The van der Waals surface area contributed by atoms with Crippen molar-refractivity contribution in [3.8, 4) is 0 Å². The summed E-state index contributed by atoms with van der Waals surface area (Å²) in [4.78, 5) is 15.3. The molecule has 0 spiro atoms. The summed E-state index contributed by atoms with van der Waals surface area (Å²) in [5, 5.41) is 0.437. The fourth-order valence-electron chi connectivity index (χ4n) is 1.90. The Hall–Kier alpha value is -0.910. The van der Waals surface area contributed by atoms with E-state index < -0.39 is 0 Å². The highest BCUT2D eigenvalue weighted by atomic mass is 127. The largest absolute Gasteiger partial charge is 0.357 e. The Bertz CT molecular complexity index is 618. The SMILES string of the molecule is CCc1c(C)[nH]c2c(I)cc(F)cc2c1=O. The number of nitrogens with one attached hydrogen (secondary N) is 1. The van der Waals surface area contributed by atoms with Crippen molar-refractivity contribution in [2.24, 2.45) is 0 Å². The molecule has 4 heteroatoms. The summed E-state index contributed by atoms with van der Waals surface area (Å²) >= 11 is 2.03. The maximum atomic E-state index is 13.3. The Morgan fingerprint density at radius 2 is 2.12 bits per heavy atom. The van der Waals surface area contributed by atoms with Crippen molar-refractivity contribution in [2.75, 3.05) is 0 Å². The lowest BCUT2D eigenvalue weighted by Gasteiger charge is -2.07. The quantitative estimate of drug-likeness (QED) is 0.800. The first-order chi connectivity index (χ1) is 7.54. The monoisotopic (exact) mass is 331 g/mol. The van der Waals surface area contributed by atoms with Gasteiger partial charge in [-0.3, -0.25) is 4.79 Å². The average molecular weight is 331 g/mol. The van der Waals surface area contributed by atoms with Crippen LogP contribution in [0.25, 0.3) is 10.9 Å². The van der Waals surface area contributed by atoms with Gasteiger partial charge in [0, 0.05) is 20.2 Å². The lowest BCUT2D eigenvalue weighted by molar-refractivity contribution is 0.628. The zero-order valence-corrected chi connectivity index (χ0v) is 11.2. The first kappa shape index (κ1) is 11.6. The Morgan fingerprint density at radius 1 is 1.44 bits per heavy atom. The fraction of sp³-hybridized carbons (Fsp3) is 0.250. The van der Waals surface area contributed by atoms with Gasteiger partial charge in [0.15, 0.2) is 5.43 Å². The zero-order valence-electron chi connectivity index (χ0n) is 9.03.